The van der Waals surface area contributed by atoms with E-state index < -0.39 is 40.0 Å². The van der Waals surface area contributed by atoms with Gasteiger partial charge in [-0.3, -0.25) is 4.79 Å². The Balaban J connectivity index is 2.19. The minimum atomic E-state index is -4.50. The molecule has 1 amide bonds. The van der Waals surface area contributed by atoms with Crippen LogP contribution in [0.15, 0.2) is 16.3 Å². The van der Waals surface area contributed by atoms with Crippen LogP contribution in [0.2, 0.25) is 0 Å². The molecule has 1 aliphatic heterocycles. The molecule has 5 nitrogen and oxygen atoms in total. The monoisotopic (exact) mass is 440 g/mol. The van der Waals surface area contributed by atoms with Crippen LogP contribution in [-0.4, -0.2) is 55.9 Å². The third-order valence-electron chi connectivity index (χ3n) is 4.39. The molecule has 0 N–H and O–H groups in total. The SMILES string of the molecule is Cc1ccc(S(=O)(=O)N2CCCC(C(=O)N(CC(C)(C)C)CC(F)(F)F)C2)s1. The maximum atomic E-state index is 13.0. The molecular weight excluding hydrogens is 413 g/mol. The summed E-state index contributed by atoms with van der Waals surface area (Å²) in [7, 11) is -3.74. The fourth-order valence-electron chi connectivity index (χ4n) is 3.30. The second-order valence-corrected chi connectivity index (χ2v) is 11.9. The smallest absolute Gasteiger partial charge is 0.333 e. The summed E-state index contributed by atoms with van der Waals surface area (Å²) < 4.78 is 66.1. The van der Waals surface area contributed by atoms with Crippen LogP contribution >= 0.6 is 11.3 Å². The normalized spacial score (nSPS) is 19.6. The summed E-state index contributed by atoms with van der Waals surface area (Å²) in [6.07, 6.45) is -3.68. The molecule has 0 aromatic carbocycles. The van der Waals surface area contributed by atoms with E-state index >= 15 is 0 Å². The fourth-order valence-corrected chi connectivity index (χ4v) is 6.26. The predicted molar refractivity (Wildman–Crippen MR) is 103 cm³/mol. The number of amides is 1. The number of carbonyl (C=O) groups excluding carboxylic acids is 1. The summed E-state index contributed by atoms with van der Waals surface area (Å²) in [6.45, 7) is 5.91. The van der Waals surface area contributed by atoms with Crippen LogP contribution in [0.5, 0.6) is 0 Å². The predicted octanol–water partition coefficient (Wildman–Crippen LogP) is 3.89. The molecule has 1 atom stereocenters. The Morgan fingerprint density at radius 3 is 2.39 bits per heavy atom. The van der Waals surface area contributed by atoms with E-state index in [9.17, 15) is 26.4 Å². The number of rotatable bonds is 5. The van der Waals surface area contributed by atoms with E-state index in [1.807, 2.05) is 0 Å². The van der Waals surface area contributed by atoms with E-state index in [1.54, 1.807) is 33.8 Å². The van der Waals surface area contributed by atoms with Crippen molar-refractivity contribution in [1.29, 1.82) is 0 Å². The Labute approximate surface area is 168 Å². The highest BCUT2D eigenvalue weighted by molar-refractivity contribution is 7.91. The molecule has 0 radical (unpaired) electrons. The molecule has 0 saturated carbocycles. The van der Waals surface area contributed by atoms with Crippen LogP contribution in [0.25, 0.3) is 0 Å². The highest BCUT2D eigenvalue weighted by atomic mass is 32.2. The Bertz CT molecular complexity index is 782. The molecule has 1 aliphatic rings. The van der Waals surface area contributed by atoms with Gasteiger partial charge in [-0.2, -0.15) is 17.5 Å². The Kier molecular flexibility index (Phi) is 6.87. The zero-order valence-electron chi connectivity index (χ0n) is 16.5. The maximum Gasteiger partial charge on any atom is 0.406 e. The highest BCUT2D eigenvalue weighted by Crippen LogP contribution is 2.30. The van der Waals surface area contributed by atoms with Gasteiger partial charge >= 0.3 is 6.18 Å². The molecule has 0 spiro atoms. The van der Waals surface area contributed by atoms with Gasteiger partial charge in [-0.15, -0.1) is 11.3 Å². The number of thiophene rings is 1. The van der Waals surface area contributed by atoms with Crippen LogP contribution in [0.3, 0.4) is 0 Å². The van der Waals surface area contributed by atoms with Crippen LogP contribution < -0.4 is 0 Å². The minimum Gasteiger partial charge on any atom is -0.333 e. The van der Waals surface area contributed by atoms with Crippen molar-refractivity contribution in [2.75, 3.05) is 26.2 Å². The number of nitrogens with zero attached hydrogens (tertiary/aromatic N) is 2. The Hall–Kier alpha value is -1.13. The lowest BCUT2D eigenvalue weighted by atomic mass is 9.93. The van der Waals surface area contributed by atoms with Crippen molar-refractivity contribution < 1.29 is 26.4 Å². The first-order valence-electron chi connectivity index (χ1n) is 9.11. The first-order valence-corrected chi connectivity index (χ1v) is 11.4. The topological polar surface area (TPSA) is 57.7 Å². The average molecular weight is 441 g/mol. The Morgan fingerprint density at radius 1 is 1.25 bits per heavy atom. The molecular formula is C18H27F3N2O3S2. The zero-order chi connectivity index (χ0) is 21.3. The molecule has 0 aliphatic carbocycles. The van der Waals surface area contributed by atoms with Crippen molar-refractivity contribution >= 4 is 27.3 Å². The van der Waals surface area contributed by atoms with E-state index in [4.69, 9.17) is 0 Å². The van der Waals surface area contributed by atoms with Crippen LogP contribution in [-0.2, 0) is 14.8 Å². The van der Waals surface area contributed by atoms with Gasteiger partial charge in [0, 0.05) is 24.5 Å². The molecule has 1 fully saturated rings. The van der Waals surface area contributed by atoms with Gasteiger partial charge in [0.2, 0.25) is 5.91 Å². The van der Waals surface area contributed by atoms with Crippen LogP contribution in [0, 0.1) is 18.3 Å². The second kappa shape index (κ2) is 8.31. The van der Waals surface area contributed by atoms with E-state index in [0.717, 1.165) is 21.1 Å². The fraction of sp³-hybridized carbons (Fsp3) is 0.722. The van der Waals surface area contributed by atoms with Crippen molar-refractivity contribution in [3.05, 3.63) is 17.0 Å². The van der Waals surface area contributed by atoms with Gasteiger partial charge in [-0.1, -0.05) is 20.8 Å². The van der Waals surface area contributed by atoms with E-state index in [1.165, 1.54) is 10.4 Å². The van der Waals surface area contributed by atoms with Crippen molar-refractivity contribution in [2.24, 2.45) is 11.3 Å². The van der Waals surface area contributed by atoms with Crippen LogP contribution in [0.1, 0.15) is 38.5 Å². The van der Waals surface area contributed by atoms with Gasteiger partial charge in [0.05, 0.1) is 5.92 Å². The molecule has 1 aromatic heterocycles. The average Bonchev–Trinajstić information content (AvgIpc) is 2.98. The van der Waals surface area contributed by atoms with Gasteiger partial charge in [0.25, 0.3) is 10.0 Å². The third-order valence-corrected chi connectivity index (χ3v) is 7.72. The zero-order valence-corrected chi connectivity index (χ0v) is 18.2. The third kappa shape index (κ3) is 6.18. The lowest BCUT2D eigenvalue weighted by molar-refractivity contribution is -0.166. The molecule has 1 saturated heterocycles. The number of hydrogen-bond acceptors (Lipinski definition) is 4. The second-order valence-electron chi connectivity index (χ2n) is 8.44. The van der Waals surface area contributed by atoms with Crippen molar-refractivity contribution in [3.63, 3.8) is 0 Å². The van der Waals surface area contributed by atoms with Crippen LogP contribution in [0.4, 0.5) is 13.2 Å². The highest BCUT2D eigenvalue weighted by Gasteiger charge is 2.40. The summed E-state index contributed by atoms with van der Waals surface area (Å²) in [5.74, 6) is -1.40. The number of sulfonamides is 1. The van der Waals surface area contributed by atoms with E-state index in [-0.39, 0.29) is 23.8 Å². The van der Waals surface area contributed by atoms with Gasteiger partial charge in [-0.25, -0.2) is 8.42 Å². The molecule has 1 unspecified atom stereocenters. The number of piperidine rings is 1. The minimum absolute atomic E-state index is 0.0429. The summed E-state index contributed by atoms with van der Waals surface area (Å²) >= 11 is 1.15. The van der Waals surface area contributed by atoms with Crippen molar-refractivity contribution in [2.45, 2.75) is 50.9 Å². The number of halogens is 3. The van der Waals surface area contributed by atoms with Gasteiger partial charge < -0.3 is 4.90 Å². The summed E-state index contributed by atoms with van der Waals surface area (Å²) in [4.78, 5) is 14.6. The molecule has 2 heterocycles. The first-order chi connectivity index (χ1) is 12.7. The Morgan fingerprint density at radius 2 is 1.89 bits per heavy atom. The largest absolute Gasteiger partial charge is 0.406 e. The quantitative estimate of drug-likeness (QED) is 0.698. The van der Waals surface area contributed by atoms with Crippen molar-refractivity contribution in [3.8, 4) is 0 Å². The molecule has 160 valence electrons. The van der Waals surface area contributed by atoms with Gasteiger partial charge in [-0.05, 0) is 37.3 Å². The summed E-state index contributed by atoms with van der Waals surface area (Å²) in [5, 5.41) is 0. The van der Waals surface area contributed by atoms with E-state index in [2.05, 4.69) is 0 Å². The molecule has 1 aromatic rings. The number of hydrogen-bond donors (Lipinski definition) is 0. The number of carbonyl (C=O) groups is 1. The molecule has 10 heteroatoms. The van der Waals surface area contributed by atoms with Gasteiger partial charge in [0.15, 0.2) is 0 Å². The molecule has 28 heavy (non-hydrogen) atoms. The standard InChI is InChI=1S/C18H27F3N2O3S2/c1-13-7-8-15(27-13)28(25,26)23-9-5-6-14(10-23)16(24)22(11-17(2,3)4)12-18(19,20)21/h7-8,14H,5-6,9-12H2,1-4H3. The van der Waals surface area contributed by atoms with Crippen molar-refractivity contribution in [1.82, 2.24) is 9.21 Å². The summed E-state index contributed by atoms with van der Waals surface area (Å²) in [5.41, 5.74) is -0.504. The lowest BCUT2D eigenvalue weighted by Gasteiger charge is -2.36. The maximum absolute atomic E-state index is 13.0. The number of aryl methyl sites for hydroxylation is 1. The first kappa shape index (κ1) is 23.2. The van der Waals surface area contributed by atoms with E-state index in [0.29, 0.717) is 12.8 Å². The van der Waals surface area contributed by atoms with Gasteiger partial charge in [0.1, 0.15) is 10.8 Å². The summed E-state index contributed by atoms with van der Waals surface area (Å²) in [6, 6.07) is 3.23. The number of alkyl halides is 3. The molecule has 0 bridgehead atoms. The lowest BCUT2D eigenvalue weighted by Crippen LogP contribution is -2.50. The molecule has 2 rings (SSSR count).